The third-order valence-electron chi connectivity index (χ3n) is 2.89. The summed E-state index contributed by atoms with van der Waals surface area (Å²) >= 11 is 9.57. The molecule has 1 aromatic carbocycles. The monoisotopic (exact) mass is 340 g/mol. The van der Waals surface area contributed by atoms with Crippen LogP contribution in [-0.4, -0.2) is 15.6 Å². The highest BCUT2D eigenvalue weighted by Crippen LogP contribution is 2.27. The van der Waals surface area contributed by atoms with Gasteiger partial charge in [0.2, 0.25) is 5.78 Å². The fourth-order valence-electron chi connectivity index (χ4n) is 1.90. The molecule has 19 heavy (non-hydrogen) atoms. The molecule has 2 aromatic rings. The van der Waals surface area contributed by atoms with Gasteiger partial charge in [0.1, 0.15) is 5.69 Å². The molecule has 0 spiro atoms. The van der Waals surface area contributed by atoms with Crippen molar-refractivity contribution in [2.45, 2.75) is 26.8 Å². The van der Waals surface area contributed by atoms with Crippen LogP contribution in [0.5, 0.6) is 0 Å². The lowest BCUT2D eigenvalue weighted by Crippen LogP contribution is -2.14. The molecule has 100 valence electrons. The van der Waals surface area contributed by atoms with Crippen molar-refractivity contribution in [3.05, 3.63) is 50.7 Å². The number of aromatic nitrogens is 2. The Kier molecular flexibility index (Phi) is 4.11. The smallest absolute Gasteiger partial charge is 0.213 e. The molecule has 0 aliphatic heterocycles. The van der Waals surface area contributed by atoms with Crippen LogP contribution in [0.3, 0.4) is 0 Å². The minimum Gasteiger partial charge on any atom is -0.287 e. The summed E-state index contributed by atoms with van der Waals surface area (Å²) in [7, 11) is 0. The Morgan fingerprint density at radius 3 is 2.74 bits per heavy atom. The fourth-order valence-corrected chi connectivity index (χ4v) is 2.56. The van der Waals surface area contributed by atoms with Crippen molar-refractivity contribution in [2.24, 2.45) is 0 Å². The number of hydrogen-bond donors (Lipinski definition) is 0. The molecular weight excluding hydrogens is 328 g/mol. The van der Waals surface area contributed by atoms with E-state index in [1.807, 2.05) is 32.9 Å². The standard InChI is InChI=1S/C14H14BrClN2O/c1-8(2)18-13(11(16)7-17-18)14(19)10-6-4-5-9(3)12(10)15/h4-8H,1-3H3. The van der Waals surface area contributed by atoms with E-state index in [4.69, 9.17) is 11.6 Å². The molecule has 3 nitrogen and oxygen atoms in total. The first-order valence-electron chi connectivity index (χ1n) is 5.96. The lowest BCUT2D eigenvalue weighted by atomic mass is 10.1. The summed E-state index contributed by atoms with van der Waals surface area (Å²) in [4.78, 5) is 12.7. The van der Waals surface area contributed by atoms with Crippen molar-refractivity contribution < 1.29 is 4.79 Å². The maximum absolute atomic E-state index is 12.7. The zero-order chi connectivity index (χ0) is 14.2. The summed E-state index contributed by atoms with van der Waals surface area (Å²) in [5.41, 5.74) is 2.05. The molecule has 0 saturated heterocycles. The van der Waals surface area contributed by atoms with Crippen LogP contribution in [0.15, 0.2) is 28.9 Å². The van der Waals surface area contributed by atoms with Crippen LogP contribution in [0.2, 0.25) is 5.02 Å². The molecule has 0 N–H and O–H groups in total. The Morgan fingerprint density at radius 2 is 2.11 bits per heavy atom. The largest absolute Gasteiger partial charge is 0.287 e. The second-order valence-corrected chi connectivity index (χ2v) is 5.85. The molecule has 5 heteroatoms. The first-order valence-corrected chi connectivity index (χ1v) is 7.13. The number of aryl methyl sites for hydroxylation is 1. The van der Waals surface area contributed by atoms with Gasteiger partial charge in [-0.1, -0.05) is 23.7 Å². The SMILES string of the molecule is Cc1cccc(C(=O)c2c(Cl)cnn2C(C)C)c1Br. The van der Waals surface area contributed by atoms with Crippen molar-refractivity contribution in [3.8, 4) is 0 Å². The Labute approximate surface area is 125 Å². The molecule has 2 rings (SSSR count). The van der Waals surface area contributed by atoms with E-state index >= 15 is 0 Å². The van der Waals surface area contributed by atoms with Crippen LogP contribution in [-0.2, 0) is 0 Å². The zero-order valence-corrected chi connectivity index (χ0v) is 13.3. The van der Waals surface area contributed by atoms with Crippen molar-refractivity contribution in [1.29, 1.82) is 0 Å². The average Bonchev–Trinajstić information content (AvgIpc) is 2.74. The van der Waals surface area contributed by atoms with Crippen molar-refractivity contribution in [1.82, 2.24) is 9.78 Å². The average molecular weight is 342 g/mol. The number of ketones is 1. The normalized spacial score (nSPS) is 11.1. The summed E-state index contributed by atoms with van der Waals surface area (Å²) in [6, 6.07) is 5.67. The molecule has 1 heterocycles. The Hall–Kier alpha value is -1.13. The second-order valence-electron chi connectivity index (χ2n) is 4.65. The highest BCUT2D eigenvalue weighted by atomic mass is 79.9. The van der Waals surface area contributed by atoms with Crippen LogP contribution < -0.4 is 0 Å². The Bertz CT molecular complexity index is 634. The van der Waals surface area contributed by atoms with E-state index in [1.54, 1.807) is 10.7 Å². The van der Waals surface area contributed by atoms with Crippen molar-refractivity contribution >= 4 is 33.3 Å². The maximum Gasteiger partial charge on any atom is 0.213 e. The summed E-state index contributed by atoms with van der Waals surface area (Å²) < 4.78 is 2.45. The molecule has 0 amide bonds. The van der Waals surface area contributed by atoms with Gasteiger partial charge in [0.25, 0.3) is 0 Å². The molecule has 0 saturated carbocycles. The highest BCUT2D eigenvalue weighted by molar-refractivity contribution is 9.10. The molecule has 0 fully saturated rings. The maximum atomic E-state index is 12.7. The lowest BCUT2D eigenvalue weighted by Gasteiger charge is -2.12. The molecule has 1 aromatic heterocycles. The molecule has 0 radical (unpaired) electrons. The first kappa shape index (κ1) is 14.3. The molecule has 0 unspecified atom stereocenters. The molecule has 0 atom stereocenters. The van der Waals surface area contributed by atoms with Crippen LogP contribution in [0, 0.1) is 6.92 Å². The summed E-state index contributed by atoms with van der Waals surface area (Å²) in [5, 5.41) is 4.54. The first-order chi connectivity index (χ1) is 8.93. The van der Waals surface area contributed by atoms with Gasteiger partial charge >= 0.3 is 0 Å². The van der Waals surface area contributed by atoms with Crippen molar-refractivity contribution in [2.75, 3.05) is 0 Å². The van der Waals surface area contributed by atoms with Gasteiger partial charge in [-0.05, 0) is 48.3 Å². The second kappa shape index (κ2) is 5.47. The van der Waals surface area contributed by atoms with E-state index in [0.717, 1.165) is 10.0 Å². The number of halogens is 2. The highest BCUT2D eigenvalue weighted by Gasteiger charge is 2.22. The van der Waals surface area contributed by atoms with E-state index in [9.17, 15) is 4.79 Å². The number of hydrogen-bond acceptors (Lipinski definition) is 2. The van der Waals surface area contributed by atoms with Crippen LogP contribution in [0.25, 0.3) is 0 Å². The number of rotatable bonds is 3. The van der Waals surface area contributed by atoms with Crippen LogP contribution in [0.4, 0.5) is 0 Å². The summed E-state index contributed by atoms with van der Waals surface area (Å²) in [6.07, 6.45) is 1.51. The fraction of sp³-hybridized carbons (Fsp3) is 0.286. The molecule has 0 aliphatic carbocycles. The quantitative estimate of drug-likeness (QED) is 0.775. The zero-order valence-electron chi connectivity index (χ0n) is 10.9. The topological polar surface area (TPSA) is 34.9 Å². The van der Waals surface area contributed by atoms with Gasteiger partial charge in [-0.15, -0.1) is 0 Å². The van der Waals surface area contributed by atoms with E-state index in [2.05, 4.69) is 21.0 Å². The molecule has 0 aliphatic rings. The van der Waals surface area contributed by atoms with E-state index in [-0.39, 0.29) is 11.8 Å². The minimum atomic E-state index is -0.119. The van der Waals surface area contributed by atoms with E-state index < -0.39 is 0 Å². The van der Waals surface area contributed by atoms with E-state index in [1.165, 1.54) is 6.20 Å². The Morgan fingerprint density at radius 1 is 1.42 bits per heavy atom. The van der Waals surface area contributed by atoms with Crippen molar-refractivity contribution in [3.63, 3.8) is 0 Å². The number of carbonyl (C=O) groups is 1. The summed E-state index contributed by atoms with van der Waals surface area (Å²) in [5.74, 6) is -0.119. The third kappa shape index (κ3) is 2.60. The van der Waals surface area contributed by atoms with Gasteiger partial charge in [0.05, 0.1) is 11.2 Å². The predicted octanol–water partition coefficient (Wildman–Crippen LogP) is 4.42. The third-order valence-corrected chi connectivity index (χ3v) is 4.22. The summed E-state index contributed by atoms with van der Waals surface area (Å²) in [6.45, 7) is 5.87. The minimum absolute atomic E-state index is 0.0787. The predicted molar refractivity (Wildman–Crippen MR) is 79.9 cm³/mol. The van der Waals surface area contributed by atoms with Gasteiger partial charge in [-0.3, -0.25) is 9.48 Å². The van der Waals surface area contributed by atoms with Gasteiger partial charge < -0.3 is 0 Å². The molecular formula is C14H14BrClN2O. The van der Waals surface area contributed by atoms with Gasteiger partial charge in [0, 0.05) is 16.1 Å². The number of benzene rings is 1. The lowest BCUT2D eigenvalue weighted by molar-refractivity contribution is 0.102. The van der Waals surface area contributed by atoms with E-state index in [0.29, 0.717) is 16.3 Å². The van der Waals surface area contributed by atoms with Gasteiger partial charge in [-0.2, -0.15) is 5.10 Å². The number of carbonyl (C=O) groups excluding carboxylic acids is 1. The van der Waals surface area contributed by atoms with Gasteiger partial charge in [0.15, 0.2) is 0 Å². The van der Waals surface area contributed by atoms with Crippen LogP contribution in [0.1, 0.15) is 41.5 Å². The Balaban J connectivity index is 2.56. The van der Waals surface area contributed by atoms with Gasteiger partial charge in [-0.25, -0.2) is 0 Å². The van der Waals surface area contributed by atoms with Crippen LogP contribution >= 0.6 is 27.5 Å². The molecule has 0 bridgehead atoms. The number of nitrogens with zero attached hydrogens (tertiary/aromatic N) is 2.